The summed E-state index contributed by atoms with van der Waals surface area (Å²) in [6.45, 7) is 2.09. The summed E-state index contributed by atoms with van der Waals surface area (Å²) in [6.07, 6.45) is 2.87. The number of piperidine rings is 2. The Bertz CT molecular complexity index is 948. The van der Waals surface area contributed by atoms with Gasteiger partial charge in [-0.1, -0.05) is 0 Å². The van der Waals surface area contributed by atoms with Crippen LogP contribution in [0.4, 0.5) is 43.9 Å². The molecule has 0 radical (unpaired) electrons. The summed E-state index contributed by atoms with van der Waals surface area (Å²) >= 11 is 0. The molecule has 11 nitrogen and oxygen atoms in total. The quantitative estimate of drug-likeness (QED) is 0.499. The van der Waals surface area contributed by atoms with Crippen LogP contribution in [-0.4, -0.2) is 79.3 Å². The van der Waals surface area contributed by atoms with Crippen molar-refractivity contribution in [3.8, 4) is 0 Å². The molecule has 2 fully saturated rings. The van der Waals surface area contributed by atoms with Crippen LogP contribution < -0.4 is 31.9 Å². The summed E-state index contributed by atoms with van der Waals surface area (Å²) in [5.74, 6) is 0.308. The lowest BCUT2D eigenvalue weighted by atomic mass is 10.1. The second-order valence-corrected chi connectivity index (χ2v) is 8.27. The number of ether oxygens (including phenoxy) is 1. The average Bonchev–Trinajstić information content (AvgIpc) is 2.83. The second-order valence-electron chi connectivity index (χ2n) is 8.27. The molecule has 13 heteroatoms. The summed E-state index contributed by atoms with van der Waals surface area (Å²) in [6, 6.07) is 3.53. The monoisotopic (exact) mass is 480 g/mol. The van der Waals surface area contributed by atoms with Crippen LogP contribution in [0.15, 0.2) is 12.1 Å². The third-order valence-corrected chi connectivity index (χ3v) is 5.72. The van der Waals surface area contributed by atoms with Gasteiger partial charge in [0.15, 0.2) is 0 Å². The molecule has 0 spiro atoms. The average molecular weight is 481 g/mol. The van der Waals surface area contributed by atoms with E-state index in [0.29, 0.717) is 30.5 Å². The molecule has 2 aromatic heterocycles. The minimum absolute atomic E-state index is 0.0665. The number of hydrogen-bond donors (Lipinski definition) is 4. The van der Waals surface area contributed by atoms with Crippen molar-refractivity contribution in [2.75, 3.05) is 79.3 Å². The highest BCUT2D eigenvalue weighted by Gasteiger charge is 2.35. The fraction of sp³-hybridized carbons (Fsp3) is 0.619. The molecule has 34 heavy (non-hydrogen) atoms. The van der Waals surface area contributed by atoms with Crippen molar-refractivity contribution in [3.63, 3.8) is 0 Å². The van der Waals surface area contributed by atoms with Gasteiger partial charge in [-0.05, 0) is 19.3 Å². The summed E-state index contributed by atoms with van der Waals surface area (Å²) < 4.78 is 32.0. The van der Waals surface area contributed by atoms with Crippen LogP contribution in [0.2, 0.25) is 0 Å². The van der Waals surface area contributed by atoms with Crippen LogP contribution in [0.1, 0.15) is 25.7 Å². The lowest BCUT2D eigenvalue weighted by Gasteiger charge is -2.33. The van der Waals surface area contributed by atoms with Crippen molar-refractivity contribution in [1.82, 2.24) is 19.9 Å². The fourth-order valence-corrected chi connectivity index (χ4v) is 3.99. The van der Waals surface area contributed by atoms with Crippen molar-refractivity contribution in [1.29, 1.82) is 0 Å². The van der Waals surface area contributed by atoms with Gasteiger partial charge in [0.2, 0.25) is 11.9 Å². The van der Waals surface area contributed by atoms with Gasteiger partial charge in [0, 0.05) is 59.4 Å². The van der Waals surface area contributed by atoms with Gasteiger partial charge in [0.1, 0.15) is 23.3 Å². The molecule has 2 saturated heterocycles. The second kappa shape index (κ2) is 11.3. The standard InChI is InChI=1S/C11H19N5O.C10H15F2N5/c1-13-9-6-10(15-11(12)14-9)16-5-3-4-8(7-16)17-2;1-14-7-5-8(16-9(13)15-7)17-4-2-3-10(11,12)6-17/h6,8H,3-5,7H2,1-2H3,(H3,12,13,14,15);5H,2-4,6H2,1H3,(H3,13,14,15,16). The van der Waals surface area contributed by atoms with Crippen LogP contribution in [0, 0.1) is 0 Å². The first-order valence-electron chi connectivity index (χ1n) is 11.3. The predicted octanol–water partition coefficient (Wildman–Crippen LogP) is 2.05. The van der Waals surface area contributed by atoms with Crippen molar-refractivity contribution in [3.05, 3.63) is 12.1 Å². The van der Waals surface area contributed by atoms with Crippen LogP contribution in [0.3, 0.4) is 0 Å². The summed E-state index contributed by atoms with van der Waals surface area (Å²) in [7, 11) is 5.26. The molecule has 0 saturated carbocycles. The molecule has 4 rings (SSSR count). The van der Waals surface area contributed by atoms with Crippen molar-refractivity contribution in [2.24, 2.45) is 0 Å². The maximum atomic E-state index is 13.3. The smallest absolute Gasteiger partial charge is 0.265 e. The number of anilines is 6. The third kappa shape index (κ3) is 6.89. The number of halogens is 2. The van der Waals surface area contributed by atoms with Crippen LogP contribution in [0.5, 0.6) is 0 Å². The molecule has 0 aromatic carbocycles. The Kier molecular flexibility index (Phi) is 8.42. The molecule has 0 amide bonds. The molecular weight excluding hydrogens is 446 g/mol. The number of hydrogen-bond acceptors (Lipinski definition) is 11. The molecule has 0 aliphatic carbocycles. The van der Waals surface area contributed by atoms with Gasteiger partial charge in [0.25, 0.3) is 5.92 Å². The number of alkyl halides is 2. The largest absolute Gasteiger partial charge is 0.380 e. The number of nitrogens with two attached hydrogens (primary N) is 2. The Morgan fingerprint density at radius 2 is 1.50 bits per heavy atom. The number of nitrogens with zero attached hydrogens (tertiary/aromatic N) is 6. The van der Waals surface area contributed by atoms with Gasteiger partial charge < -0.3 is 36.6 Å². The van der Waals surface area contributed by atoms with Crippen molar-refractivity contribution in [2.45, 2.75) is 37.7 Å². The summed E-state index contributed by atoms with van der Waals surface area (Å²) in [5.41, 5.74) is 11.2. The van der Waals surface area contributed by atoms with E-state index in [1.165, 1.54) is 0 Å². The Labute approximate surface area is 198 Å². The van der Waals surface area contributed by atoms with Gasteiger partial charge in [-0.2, -0.15) is 19.9 Å². The molecule has 2 aliphatic heterocycles. The fourth-order valence-electron chi connectivity index (χ4n) is 3.99. The molecule has 0 bridgehead atoms. The van der Waals surface area contributed by atoms with E-state index in [1.807, 2.05) is 13.1 Å². The number of rotatable bonds is 5. The molecule has 188 valence electrons. The first-order valence-corrected chi connectivity index (χ1v) is 11.3. The first kappa shape index (κ1) is 25.4. The van der Waals surface area contributed by atoms with E-state index in [9.17, 15) is 8.78 Å². The van der Waals surface area contributed by atoms with Gasteiger partial charge in [-0.3, -0.25) is 0 Å². The minimum Gasteiger partial charge on any atom is -0.380 e. The lowest BCUT2D eigenvalue weighted by molar-refractivity contribution is -0.0118. The molecule has 6 N–H and O–H groups in total. The van der Waals surface area contributed by atoms with E-state index in [4.69, 9.17) is 16.2 Å². The maximum absolute atomic E-state index is 13.3. The predicted molar refractivity (Wildman–Crippen MR) is 131 cm³/mol. The van der Waals surface area contributed by atoms with Gasteiger partial charge in [-0.15, -0.1) is 0 Å². The Hall–Kier alpha value is -3.22. The van der Waals surface area contributed by atoms with Gasteiger partial charge >= 0.3 is 0 Å². The highest BCUT2D eigenvalue weighted by atomic mass is 19.3. The molecule has 4 heterocycles. The Morgan fingerprint density at radius 1 is 0.941 bits per heavy atom. The van der Waals surface area contributed by atoms with Gasteiger partial charge in [-0.25, -0.2) is 8.78 Å². The Balaban J connectivity index is 0.000000191. The zero-order valence-corrected chi connectivity index (χ0v) is 19.9. The number of nitrogens with one attached hydrogen (secondary N) is 2. The van der Waals surface area contributed by atoms with E-state index >= 15 is 0 Å². The topological polar surface area (TPSA) is 143 Å². The summed E-state index contributed by atoms with van der Waals surface area (Å²) in [4.78, 5) is 20.0. The van der Waals surface area contributed by atoms with E-state index < -0.39 is 5.92 Å². The highest BCUT2D eigenvalue weighted by Crippen LogP contribution is 2.30. The number of methoxy groups -OCH3 is 1. The van der Waals surface area contributed by atoms with Crippen LogP contribution in [0.25, 0.3) is 0 Å². The minimum atomic E-state index is -2.65. The summed E-state index contributed by atoms with van der Waals surface area (Å²) in [5, 5.41) is 5.81. The van der Waals surface area contributed by atoms with Crippen LogP contribution >= 0.6 is 0 Å². The van der Waals surface area contributed by atoms with E-state index in [0.717, 1.165) is 37.6 Å². The lowest BCUT2D eigenvalue weighted by Crippen LogP contribution is -2.43. The number of nitrogen functional groups attached to an aromatic ring is 2. The van der Waals surface area contributed by atoms with Crippen LogP contribution in [-0.2, 0) is 4.74 Å². The number of aromatic nitrogens is 4. The first-order chi connectivity index (χ1) is 16.2. The van der Waals surface area contributed by atoms with E-state index in [-0.39, 0.29) is 25.0 Å². The van der Waals surface area contributed by atoms with E-state index in [1.54, 1.807) is 25.1 Å². The molecule has 2 aromatic rings. The van der Waals surface area contributed by atoms with E-state index in [2.05, 4.69) is 35.5 Å². The molecule has 1 unspecified atom stereocenters. The van der Waals surface area contributed by atoms with Gasteiger partial charge in [0.05, 0.1) is 12.6 Å². The molecule has 1 atom stereocenters. The SMILES string of the molecule is CNc1cc(N2CCCC(F)(F)C2)nc(N)n1.CNc1cc(N2CCCC(OC)C2)nc(N)n1. The molecular formula is C21H34F2N10O. The van der Waals surface area contributed by atoms with Crippen molar-refractivity contribution >= 4 is 35.2 Å². The maximum Gasteiger partial charge on any atom is 0.265 e. The molecule has 2 aliphatic rings. The normalized spacial score (nSPS) is 19.7. The third-order valence-electron chi connectivity index (χ3n) is 5.72. The highest BCUT2D eigenvalue weighted by molar-refractivity contribution is 5.53. The Morgan fingerprint density at radius 3 is 2.03 bits per heavy atom. The van der Waals surface area contributed by atoms with Crippen molar-refractivity contribution < 1.29 is 13.5 Å². The zero-order chi connectivity index (χ0) is 24.7. The zero-order valence-electron chi connectivity index (χ0n) is 19.9.